The number of ether oxygens (including phenoxy) is 1. The van der Waals surface area contributed by atoms with Crippen molar-refractivity contribution in [1.82, 2.24) is 5.32 Å². The monoisotopic (exact) mass is 326 g/mol. The molecule has 0 aromatic heterocycles. The minimum atomic E-state index is -0.157. The van der Waals surface area contributed by atoms with Crippen LogP contribution in [0.4, 0.5) is 5.69 Å². The van der Waals surface area contributed by atoms with Crippen molar-refractivity contribution in [1.29, 1.82) is 0 Å². The first-order valence-electron chi connectivity index (χ1n) is 7.96. The smallest absolute Gasteiger partial charge is 0.251 e. The fourth-order valence-corrected chi connectivity index (χ4v) is 2.12. The molecule has 126 valence electrons. The van der Waals surface area contributed by atoms with Crippen molar-refractivity contribution in [2.24, 2.45) is 0 Å². The number of rotatable bonds is 7. The van der Waals surface area contributed by atoms with Gasteiger partial charge in [-0.05, 0) is 48.4 Å². The van der Waals surface area contributed by atoms with Crippen LogP contribution in [0, 0.1) is 0 Å². The van der Waals surface area contributed by atoms with Crippen LogP contribution in [0.1, 0.15) is 36.2 Å². The van der Waals surface area contributed by atoms with Gasteiger partial charge in [0.05, 0.1) is 6.61 Å². The van der Waals surface area contributed by atoms with Gasteiger partial charge in [-0.1, -0.05) is 19.1 Å². The summed E-state index contributed by atoms with van der Waals surface area (Å²) < 4.78 is 5.53. The number of amides is 2. The highest BCUT2D eigenvalue weighted by molar-refractivity contribution is 5.95. The van der Waals surface area contributed by atoms with Gasteiger partial charge in [0.1, 0.15) is 5.75 Å². The Hall–Kier alpha value is -2.82. The fourth-order valence-electron chi connectivity index (χ4n) is 2.12. The van der Waals surface area contributed by atoms with Crippen molar-refractivity contribution in [3.63, 3.8) is 0 Å². The van der Waals surface area contributed by atoms with E-state index in [1.54, 1.807) is 24.3 Å². The van der Waals surface area contributed by atoms with Gasteiger partial charge in [0.25, 0.3) is 5.91 Å². The van der Waals surface area contributed by atoms with Crippen molar-refractivity contribution in [2.45, 2.75) is 26.8 Å². The normalized spacial score (nSPS) is 10.1. The highest BCUT2D eigenvalue weighted by Gasteiger charge is 2.06. The van der Waals surface area contributed by atoms with Gasteiger partial charge in [-0.2, -0.15) is 0 Å². The largest absolute Gasteiger partial charge is 0.494 e. The molecule has 0 atom stereocenters. The molecule has 0 aliphatic carbocycles. The molecular weight excluding hydrogens is 304 g/mol. The van der Waals surface area contributed by atoms with Crippen LogP contribution in [0.3, 0.4) is 0 Å². The first-order valence-corrected chi connectivity index (χ1v) is 7.96. The lowest BCUT2D eigenvalue weighted by Crippen LogP contribution is -2.22. The molecule has 2 N–H and O–H groups in total. The molecule has 0 aliphatic heterocycles. The van der Waals surface area contributed by atoms with Crippen LogP contribution in [0.25, 0.3) is 0 Å². The van der Waals surface area contributed by atoms with E-state index in [4.69, 9.17) is 4.74 Å². The van der Waals surface area contributed by atoms with E-state index in [1.807, 2.05) is 24.3 Å². The van der Waals surface area contributed by atoms with Crippen LogP contribution < -0.4 is 15.4 Å². The van der Waals surface area contributed by atoms with Gasteiger partial charge in [-0.25, -0.2) is 0 Å². The number of hydrogen-bond acceptors (Lipinski definition) is 3. The Morgan fingerprint density at radius 2 is 1.67 bits per heavy atom. The molecule has 0 heterocycles. The number of benzene rings is 2. The Bertz CT molecular complexity index is 679. The average molecular weight is 326 g/mol. The predicted molar refractivity (Wildman–Crippen MR) is 94.1 cm³/mol. The summed E-state index contributed by atoms with van der Waals surface area (Å²) in [7, 11) is 0. The van der Waals surface area contributed by atoms with Crippen LogP contribution >= 0.6 is 0 Å². The second-order valence-corrected chi connectivity index (χ2v) is 5.43. The van der Waals surface area contributed by atoms with Crippen LogP contribution in [0.5, 0.6) is 5.75 Å². The summed E-state index contributed by atoms with van der Waals surface area (Å²) in [5.74, 6) is 0.537. The van der Waals surface area contributed by atoms with Crippen LogP contribution in [-0.4, -0.2) is 18.4 Å². The van der Waals surface area contributed by atoms with Crippen LogP contribution in [0.15, 0.2) is 48.5 Å². The second-order valence-electron chi connectivity index (χ2n) is 5.43. The maximum atomic E-state index is 12.1. The summed E-state index contributed by atoms with van der Waals surface area (Å²) in [6.07, 6.45) is 0.971. The zero-order valence-corrected chi connectivity index (χ0v) is 14.0. The number of carbonyl (C=O) groups is 2. The quantitative estimate of drug-likeness (QED) is 0.820. The predicted octanol–water partition coefficient (Wildman–Crippen LogP) is 3.36. The van der Waals surface area contributed by atoms with E-state index in [9.17, 15) is 9.59 Å². The first-order chi connectivity index (χ1) is 11.6. The summed E-state index contributed by atoms with van der Waals surface area (Å²) in [4.78, 5) is 23.1. The Morgan fingerprint density at radius 3 is 2.25 bits per heavy atom. The lowest BCUT2D eigenvalue weighted by molar-refractivity contribution is -0.114. The van der Waals surface area contributed by atoms with Crippen molar-refractivity contribution in [2.75, 3.05) is 11.9 Å². The molecule has 0 fully saturated rings. The third-order valence-corrected chi connectivity index (χ3v) is 3.32. The van der Waals surface area contributed by atoms with Gasteiger partial charge in [-0.3, -0.25) is 9.59 Å². The lowest BCUT2D eigenvalue weighted by atomic mass is 10.1. The third-order valence-electron chi connectivity index (χ3n) is 3.32. The molecule has 0 bridgehead atoms. The van der Waals surface area contributed by atoms with E-state index in [0.717, 1.165) is 17.7 Å². The van der Waals surface area contributed by atoms with E-state index >= 15 is 0 Å². The molecule has 0 saturated heterocycles. The Balaban J connectivity index is 1.87. The molecule has 2 aromatic carbocycles. The molecule has 2 aromatic rings. The Labute approximate surface area is 142 Å². The molecule has 0 saturated carbocycles. The molecule has 24 heavy (non-hydrogen) atoms. The van der Waals surface area contributed by atoms with Gasteiger partial charge < -0.3 is 15.4 Å². The number of carbonyl (C=O) groups excluding carboxylic acids is 2. The van der Waals surface area contributed by atoms with Gasteiger partial charge in [0, 0.05) is 24.7 Å². The summed E-state index contributed by atoms with van der Waals surface area (Å²) in [5.41, 5.74) is 2.22. The standard InChI is InChI=1S/C19H22N2O3/c1-3-12-24-18-10-4-15(5-11-18)13-20-19(23)16-6-8-17(9-7-16)21-14(2)22/h4-11H,3,12-13H2,1-2H3,(H,20,23)(H,21,22). The fraction of sp³-hybridized carbons (Fsp3) is 0.263. The minimum Gasteiger partial charge on any atom is -0.494 e. The molecule has 2 rings (SSSR count). The molecule has 0 aliphatic rings. The third kappa shape index (κ3) is 5.43. The Morgan fingerprint density at radius 1 is 1.00 bits per heavy atom. The molecule has 5 heteroatoms. The zero-order valence-electron chi connectivity index (χ0n) is 14.0. The van der Waals surface area contributed by atoms with Gasteiger partial charge in [0.2, 0.25) is 5.91 Å². The summed E-state index contributed by atoms with van der Waals surface area (Å²) in [6, 6.07) is 14.5. The van der Waals surface area contributed by atoms with E-state index < -0.39 is 0 Å². The van der Waals surface area contributed by atoms with Crippen molar-refractivity contribution in [3.05, 3.63) is 59.7 Å². The molecule has 5 nitrogen and oxygen atoms in total. The highest BCUT2D eigenvalue weighted by Crippen LogP contribution is 2.13. The van der Waals surface area contributed by atoms with Crippen molar-refractivity contribution >= 4 is 17.5 Å². The molecule has 0 spiro atoms. The highest BCUT2D eigenvalue weighted by atomic mass is 16.5. The summed E-state index contributed by atoms with van der Waals surface area (Å²) in [5, 5.41) is 5.54. The zero-order chi connectivity index (χ0) is 17.4. The summed E-state index contributed by atoms with van der Waals surface area (Å²) in [6.45, 7) is 4.65. The average Bonchev–Trinajstić information content (AvgIpc) is 2.59. The van der Waals surface area contributed by atoms with Crippen molar-refractivity contribution in [3.8, 4) is 5.75 Å². The van der Waals surface area contributed by atoms with Gasteiger partial charge >= 0.3 is 0 Å². The number of anilines is 1. The SMILES string of the molecule is CCCOc1ccc(CNC(=O)c2ccc(NC(C)=O)cc2)cc1. The van der Waals surface area contributed by atoms with E-state index in [1.165, 1.54) is 6.92 Å². The second kappa shape index (κ2) is 8.72. The maximum absolute atomic E-state index is 12.1. The maximum Gasteiger partial charge on any atom is 0.251 e. The number of hydrogen-bond donors (Lipinski definition) is 2. The molecule has 0 radical (unpaired) electrons. The van der Waals surface area contributed by atoms with E-state index in [0.29, 0.717) is 24.4 Å². The first kappa shape index (κ1) is 17.5. The molecule has 0 unspecified atom stereocenters. The number of nitrogens with one attached hydrogen (secondary N) is 2. The van der Waals surface area contributed by atoms with Crippen molar-refractivity contribution < 1.29 is 14.3 Å². The van der Waals surface area contributed by atoms with E-state index in [2.05, 4.69) is 17.6 Å². The minimum absolute atomic E-state index is 0.140. The lowest BCUT2D eigenvalue weighted by Gasteiger charge is -2.08. The molecule has 2 amide bonds. The van der Waals surface area contributed by atoms with Gasteiger partial charge in [-0.15, -0.1) is 0 Å². The van der Waals surface area contributed by atoms with Crippen LogP contribution in [0.2, 0.25) is 0 Å². The van der Waals surface area contributed by atoms with Gasteiger partial charge in [0.15, 0.2) is 0 Å². The van der Waals surface area contributed by atoms with Crippen LogP contribution in [-0.2, 0) is 11.3 Å². The molecular formula is C19H22N2O3. The summed E-state index contributed by atoms with van der Waals surface area (Å²) >= 11 is 0. The topological polar surface area (TPSA) is 67.4 Å². The Kier molecular flexibility index (Phi) is 6.37. The van der Waals surface area contributed by atoms with E-state index in [-0.39, 0.29) is 11.8 Å².